The predicted molar refractivity (Wildman–Crippen MR) is 145 cm³/mol. The van der Waals surface area contributed by atoms with Gasteiger partial charge in [0.25, 0.3) is 5.91 Å². The third kappa shape index (κ3) is 5.39. The summed E-state index contributed by atoms with van der Waals surface area (Å²) in [5, 5.41) is 1.73. The van der Waals surface area contributed by atoms with Crippen molar-refractivity contribution in [3.63, 3.8) is 0 Å². The number of aryl methyl sites for hydroxylation is 2. The molecule has 0 saturated carbocycles. The van der Waals surface area contributed by atoms with Crippen LogP contribution in [0, 0.1) is 13.8 Å². The molecule has 3 aromatic carbocycles. The molecule has 172 valence electrons. The molecule has 1 heterocycles. The van der Waals surface area contributed by atoms with E-state index in [0.29, 0.717) is 38.1 Å². The van der Waals surface area contributed by atoms with Gasteiger partial charge in [-0.05, 0) is 84.8 Å². The maximum atomic E-state index is 13.5. The molecule has 4 nitrogen and oxygen atoms in total. The minimum absolute atomic E-state index is 0.172. The molecular weight excluding hydrogens is 487 g/mol. The van der Waals surface area contributed by atoms with Crippen LogP contribution >= 0.6 is 35.0 Å². The van der Waals surface area contributed by atoms with Crippen molar-refractivity contribution in [3.05, 3.63) is 105 Å². The average Bonchev–Trinajstić information content (AvgIpc) is 3.12. The van der Waals surface area contributed by atoms with Crippen molar-refractivity contribution in [1.29, 1.82) is 0 Å². The van der Waals surface area contributed by atoms with Gasteiger partial charge in [-0.25, -0.2) is 4.99 Å². The normalized spacial score (nSPS) is 15.9. The van der Waals surface area contributed by atoms with Crippen molar-refractivity contribution < 1.29 is 9.53 Å². The highest BCUT2D eigenvalue weighted by molar-refractivity contribution is 8.19. The monoisotopic (exact) mass is 508 g/mol. The van der Waals surface area contributed by atoms with Crippen LogP contribution in [0.25, 0.3) is 6.08 Å². The predicted octanol–water partition coefficient (Wildman–Crippen LogP) is 7.98. The van der Waals surface area contributed by atoms with E-state index >= 15 is 0 Å². The van der Waals surface area contributed by atoms with E-state index in [4.69, 9.17) is 32.9 Å². The second kappa shape index (κ2) is 10.5. The van der Waals surface area contributed by atoms with Crippen molar-refractivity contribution in [2.24, 2.45) is 4.99 Å². The maximum absolute atomic E-state index is 13.5. The van der Waals surface area contributed by atoms with Crippen LogP contribution in [0.5, 0.6) is 5.75 Å². The van der Waals surface area contributed by atoms with E-state index in [1.807, 2.05) is 68.5 Å². The highest BCUT2D eigenvalue weighted by Crippen LogP contribution is 2.39. The third-order valence-corrected chi connectivity index (χ3v) is 6.93. The number of aliphatic imine (C=N–C) groups is 1. The van der Waals surface area contributed by atoms with E-state index < -0.39 is 0 Å². The number of nitrogens with zero attached hydrogens (tertiary/aromatic N) is 2. The van der Waals surface area contributed by atoms with E-state index in [1.54, 1.807) is 23.1 Å². The van der Waals surface area contributed by atoms with Crippen LogP contribution in [-0.2, 0) is 4.79 Å². The van der Waals surface area contributed by atoms with Gasteiger partial charge in [0.2, 0.25) is 0 Å². The van der Waals surface area contributed by atoms with Crippen LogP contribution in [-0.4, -0.2) is 17.7 Å². The highest BCUT2D eigenvalue weighted by Gasteiger charge is 2.35. The Morgan fingerprint density at radius 3 is 2.32 bits per heavy atom. The minimum atomic E-state index is -0.172. The topological polar surface area (TPSA) is 41.9 Å². The number of carbonyl (C=O) groups excluding carboxylic acids is 1. The van der Waals surface area contributed by atoms with Crippen molar-refractivity contribution >= 4 is 63.5 Å². The summed E-state index contributed by atoms with van der Waals surface area (Å²) >= 11 is 14.0. The van der Waals surface area contributed by atoms with Gasteiger partial charge < -0.3 is 4.74 Å². The Kier molecular flexibility index (Phi) is 7.47. The summed E-state index contributed by atoms with van der Waals surface area (Å²) in [7, 11) is 0. The van der Waals surface area contributed by atoms with E-state index in [9.17, 15) is 4.79 Å². The first-order chi connectivity index (χ1) is 16.4. The fraction of sp³-hybridized carbons (Fsp3) is 0.111. The second-order valence-electron chi connectivity index (χ2n) is 7.68. The molecule has 0 spiro atoms. The van der Waals surface area contributed by atoms with Gasteiger partial charge >= 0.3 is 0 Å². The summed E-state index contributed by atoms with van der Waals surface area (Å²) < 4.78 is 5.54. The number of hydrogen-bond donors (Lipinski definition) is 0. The Balaban J connectivity index is 1.72. The van der Waals surface area contributed by atoms with E-state index in [2.05, 4.69) is 6.58 Å². The zero-order valence-corrected chi connectivity index (χ0v) is 21.0. The Labute approximate surface area is 213 Å². The number of anilines is 1. The van der Waals surface area contributed by atoms with Crippen LogP contribution in [0.1, 0.15) is 16.7 Å². The fourth-order valence-electron chi connectivity index (χ4n) is 3.23. The molecule has 3 aromatic rings. The molecule has 1 fully saturated rings. The molecule has 0 aliphatic carbocycles. The van der Waals surface area contributed by atoms with Crippen molar-refractivity contribution in [3.8, 4) is 5.75 Å². The Bertz CT molecular complexity index is 1320. The van der Waals surface area contributed by atoms with Crippen LogP contribution < -0.4 is 9.64 Å². The first-order valence-corrected chi connectivity index (χ1v) is 12.1. The van der Waals surface area contributed by atoms with Crippen molar-refractivity contribution in [2.75, 3.05) is 11.5 Å². The molecule has 1 aliphatic rings. The van der Waals surface area contributed by atoms with Crippen LogP contribution in [0.2, 0.25) is 10.0 Å². The molecule has 1 saturated heterocycles. The van der Waals surface area contributed by atoms with E-state index in [-0.39, 0.29) is 5.91 Å². The molecule has 0 atom stereocenters. The fourth-order valence-corrected chi connectivity index (χ4v) is 4.58. The van der Waals surface area contributed by atoms with Crippen molar-refractivity contribution in [2.45, 2.75) is 13.8 Å². The van der Waals surface area contributed by atoms with Gasteiger partial charge in [-0.1, -0.05) is 60.1 Å². The molecule has 0 bridgehead atoms. The number of halogens is 2. The first-order valence-electron chi connectivity index (χ1n) is 10.5. The Morgan fingerprint density at radius 1 is 1.00 bits per heavy atom. The molecule has 1 aliphatic heterocycles. The SMILES string of the molecule is C=CCOc1ccc(/C=C2/SC(=Nc3ccc(C)c(Cl)c3)N(c3ccc(C)c(Cl)c3)C2=O)cc1. The van der Waals surface area contributed by atoms with Gasteiger partial charge in [0.05, 0.1) is 16.3 Å². The van der Waals surface area contributed by atoms with Gasteiger partial charge in [0.1, 0.15) is 12.4 Å². The van der Waals surface area contributed by atoms with Crippen molar-refractivity contribution in [1.82, 2.24) is 0 Å². The molecule has 0 N–H and O–H groups in total. The lowest BCUT2D eigenvalue weighted by molar-refractivity contribution is -0.113. The van der Waals surface area contributed by atoms with Gasteiger partial charge in [0, 0.05) is 10.0 Å². The summed E-state index contributed by atoms with van der Waals surface area (Å²) in [5.41, 5.74) is 4.09. The quantitative estimate of drug-likeness (QED) is 0.250. The molecule has 0 aromatic heterocycles. The molecular formula is C27H22Cl2N2O2S. The molecule has 0 radical (unpaired) electrons. The molecule has 34 heavy (non-hydrogen) atoms. The lowest BCUT2D eigenvalue weighted by Crippen LogP contribution is -2.28. The standard InChI is InChI=1S/C27H22Cl2N2O2S/c1-4-13-33-22-11-7-19(8-12-22)14-25-26(32)31(21-10-6-18(3)24(29)16-21)27(34-25)30-20-9-5-17(2)23(28)15-20/h4-12,14-16H,1,13H2,2-3H3/b25-14+,30-27?. The zero-order chi connectivity index (χ0) is 24.2. The number of rotatable bonds is 6. The number of thioether (sulfide) groups is 1. The zero-order valence-electron chi connectivity index (χ0n) is 18.7. The van der Waals surface area contributed by atoms with Gasteiger partial charge in [-0.15, -0.1) is 0 Å². The Morgan fingerprint density at radius 2 is 1.68 bits per heavy atom. The third-order valence-electron chi connectivity index (χ3n) is 5.15. The number of ether oxygens (including phenoxy) is 1. The van der Waals surface area contributed by atoms with E-state index in [1.165, 1.54) is 11.8 Å². The van der Waals surface area contributed by atoms with Crippen LogP contribution in [0.15, 0.2) is 83.2 Å². The molecule has 1 amide bonds. The largest absolute Gasteiger partial charge is 0.490 e. The van der Waals surface area contributed by atoms with Crippen LogP contribution in [0.4, 0.5) is 11.4 Å². The second-order valence-corrected chi connectivity index (χ2v) is 9.50. The smallest absolute Gasteiger partial charge is 0.271 e. The minimum Gasteiger partial charge on any atom is -0.490 e. The number of benzene rings is 3. The lowest BCUT2D eigenvalue weighted by atomic mass is 10.2. The summed E-state index contributed by atoms with van der Waals surface area (Å²) in [6.45, 7) is 7.94. The number of carbonyl (C=O) groups is 1. The van der Waals surface area contributed by atoms with Crippen LogP contribution in [0.3, 0.4) is 0 Å². The summed E-state index contributed by atoms with van der Waals surface area (Å²) in [4.78, 5) is 20.4. The first kappa shape index (κ1) is 24.1. The Hall–Kier alpha value is -2.99. The average molecular weight is 509 g/mol. The highest BCUT2D eigenvalue weighted by atomic mass is 35.5. The number of amides is 1. The summed E-state index contributed by atoms with van der Waals surface area (Å²) in [5.74, 6) is 0.565. The van der Waals surface area contributed by atoms with Gasteiger partial charge in [-0.2, -0.15) is 0 Å². The number of amidine groups is 1. The summed E-state index contributed by atoms with van der Waals surface area (Å²) in [6.07, 6.45) is 3.54. The summed E-state index contributed by atoms with van der Waals surface area (Å²) in [6, 6.07) is 18.6. The van der Waals surface area contributed by atoms with E-state index in [0.717, 1.165) is 22.4 Å². The lowest BCUT2D eigenvalue weighted by Gasteiger charge is -2.16. The molecule has 7 heteroatoms. The molecule has 4 rings (SSSR count). The number of hydrogen-bond acceptors (Lipinski definition) is 4. The molecule has 0 unspecified atom stereocenters. The van der Waals surface area contributed by atoms with Gasteiger partial charge in [0.15, 0.2) is 5.17 Å². The van der Waals surface area contributed by atoms with Gasteiger partial charge in [-0.3, -0.25) is 9.69 Å². The maximum Gasteiger partial charge on any atom is 0.271 e.